The van der Waals surface area contributed by atoms with E-state index in [0.29, 0.717) is 6.54 Å². The van der Waals surface area contributed by atoms with E-state index in [4.69, 9.17) is 5.11 Å². The molecule has 0 spiro atoms. The van der Waals surface area contributed by atoms with Crippen molar-refractivity contribution in [2.75, 3.05) is 26.2 Å². The van der Waals surface area contributed by atoms with E-state index in [1.807, 2.05) is 0 Å². The molecule has 0 aromatic heterocycles. The first-order chi connectivity index (χ1) is 8.92. The van der Waals surface area contributed by atoms with Crippen LogP contribution in [0.5, 0.6) is 0 Å². The maximum atomic E-state index is 11.6. The average Bonchev–Trinajstić information content (AvgIpc) is 2.34. The van der Waals surface area contributed by atoms with Crippen molar-refractivity contribution in [2.45, 2.75) is 40.2 Å². The van der Waals surface area contributed by atoms with Gasteiger partial charge >= 0.3 is 12.0 Å². The molecule has 0 saturated carbocycles. The number of carboxylic acid groups (broad SMARTS) is 1. The van der Waals surface area contributed by atoms with Crippen LogP contribution in [0.3, 0.4) is 0 Å². The van der Waals surface area contributed by atoms with E-state index in [2.05, 4.69) is 29.4 Å². The molecule has 0 saturated heterocycles. The molecule has 0 fully saturated rings. The van der Waals surface area contributed by atoms with Crippen LogP contribution in [0.1, 0.15) is 34.1 Å². The summed E-state index contributed by atoms with van der Waals surface area (Å²) in [4.78, 5) is 24.8. The Balaban J connectivity index is 4.01. The molecule has 0 aromatic rings. The summed E-state index contributed by atoms with van der Waals surface area (Å²) in [7, 11) is 0. The Bertz CT molecular complexity index is 282. The third-order valence-corrected chi connectivity index (χ3v) is 2.92. The molecule has 0 heterocycles. The highest BCUT2D eigenvalue weighted by Crippen LogP contribution is 2.01. The first-order valence-electron chi connectivity index (χ1n) is 6.91. The average molecular weight is 273 g/mol. The number of carbonyl (C=O) groups excluding carboxylic acids is 1. The molecule has 2 amide bonds. The lowest BCUT2D eigenvalue weighted by Crippen LogP contribution is -2.49. The van der Waals surface area contributed by atoms with Crippen molar-refractivity contribution >= 4 is 12.0 Å². The van der Waals surface area contributed by atoms with E-state index in [9.17, 15) is 9.59 Å². The SMILES string of the molecule is CCCN(CC)CCNC(=O)N[C@@H](C(=O)O)C(C)C. The first-order valence-corrected chi connectivity index (χ1v) is 6.91. The standard InChI is InChI=1S/C13H27N3O3/c1-5-8-16(6-2)9-7-14-13(19)15-11(10(3)4)12(17)18/h10-11H,5-9H2,1-4H3,(H,17,18)(H2,14,15,19)/t11-/m1/s1. The van der Waals surface area contributed by atoms with E-state index in [1.165, 1.54) is 0 Å². The van der Waals surface area contributed by atoms with Crippen molar-refractivity contribution in [1.82, 2.24) is 15.5 Å². The Morgan fingerprint density at radius 1 is 1.21 bits per heavy atom. The quantitative estimate of drug-likeness (QED) is 0.588. The molecule has 3 N–H and O–H groups in total. The van der Waals surface area contributed by atoms with Gasteiger partial charge < -0.3 is 20.6 Å². The lowest BCUT2D eigenvalue weighted by molar-refractivity contribution is -0.140. The molecule has 19 heavy (non-hydrogen) atoms. The summed E-state index contributed by atoms with van der Waals surface area (Å²) < 4.78 is 0. The lowest BCUT2D eigenvalue weighted by Gasteiger charge is -2.21. The van der Waals surface area contributed by atoms with E-state index < -0.39 is 18.0 Å². The highest BCUT2D eigenvalue weighted by Gasteiger charge is 2.23. The molecule has 0 aliphatic heterocycles. The largest absolute Gasteiger partial charge is 0.480 e. The number of carbonyl (C=O) groups is 2. The van der Waals surface area contributed by atoms with Crippen molar-refractivity contribution in [3.8, 4) is 0 Å². The molecule has 0 radical (unpaired) electrons. The Kier molecular flexibility index (Phi) is 8.95. The predicted octanol–water partition coefficient (Wildman–Crippen LogP) is 1.13. The van der Waals surface area contributed by atoms with Gasteiger partial charge in [-0.05, 0) is 25.4 Å². The molecule has 1 atom stereocenters. The summed E-state index contributed by atoms with van der Waals surface area (Å²) in [5.74, 6) is -1.15. The van der Waals surface area contributed by atoms with Crippen molar-refractivity contribution in [2.24, 2.45) is 5.92 Å². The zero-order valence-electron chi connectivity index (χ0n) is 12.4. The van der Waals surface area contributed by atoms with Gasteiger partial charge in [0.1, 0.15) is 6.04 Å². The number of amides is 2. The second-order valence-electron chi connectivity index (χ2n) is 4.89. The third kappa shape index (κ3) is 7.66. The summed E-state index contributed by atoms with van der Waals surface area (Å²) in [6.45, 7) is 11.0. The summed E-state index contributed by atoms with van der Waals surface area (Å²) in [5.41, 5.74) is 0. The van der Waals surface area contributed by atoms with Crippen LogP contribution in [0.2, 0.25) is 0 Å². The van der Waals surface area contributed by atoms with Crippen LogP contribution < -0.4 is 10.6 Å². The van der Waals surface area contributed by atoms with Gasteiger partial charge in [-0.2, -0.15) is 0 Å². The molecular formula is C13H27N3O3. The third-order valence-electron chi connectivity index (χ3n) is 2.92. The maximum Gasteiger partial charge on any atom is 0.326 e. The fraction of sp³-hybridized carbons (Fsp3) is 0.846. The Labute approximate surface area is 115 Å². The zero-order valence-corrected chi connectivity index (χ0v) is 12.4. The van der Waals surface area contributed by atoms with Crippen LogP contribution >= 0.6 is 0 Å². The number of urea groups is 1. The fourth-order valence-electron chi connectivity index (χ4n) is 1.78. The lowest BCUT2D eigenvalue weighted by atomic mass is 10.1. The summed E-state index contributed by atoms with van der Waals surface area (Å²) in [5, 5.41) is 14.1. The molecular weight excluding hydrogens is 246 g/mol. The molecule has 0 aliphatic rings. The second kappa shape index (κ2) is 9.61. The number of likely N-dealkylation sites (N-methyl/N-ethyl adjacent to an activating group) is 1. The van der Waals surface area contributed by atoms with Gasteiger partial charge in [0.05, 0.1) is 0 Å². The minimum atomic E-state index is -1.01. The molecule has 112 valence electrons. The molecule has 0 rings (SSSR count). The van der Waals surface area contributed by atoms with Gasteiger partial charge in [0.2, 0.25) is 0 Å². The van der Waals surface area contributed by atoms with Crippen LogP contribution in [-0.4, -0.2) is 54.2 Å². The van der Waals surface area contributed by atoms with E-state index in [0.717, 1.165) is 26.1 Å². The predicted molar refractivity (Wildman–Crippen MR) is 75.2 cm³/mol. The maximum absolute atomic E-state index is 11.6. The minimum absolute atomic E-state index is 0.143. The van der Waals surface area contributed by atoms with Gasteiger partial charge in [0.25, 0.3) is 0 Å². The number of nitrogens with zero attached hydrogens (tertiary/aromatic N) is 1. The van der Waals surface area contributed by atoms with Crippen LogP contribution in [0.15, 0.2) is 0 Å². The van der Waals surface area contributed by atoms with Gasteiger partial charge in [0, 0.05) is 13.1 Å². The Morgan fingerprint density at radius 2 is 1.84 bits per heavy atom. The number of hydrogen-bond donors (Lipinski definition) is 3. The summed E-state index contributed by atoms with van der Waals surface area (Å²) in [6.07, 6.45) is 1.08. The van der Waals surface area contributed by atoms with Crippen molar-refractivity contribution in [3.05, 3.63) is 0 Å². The highest BCUT2D eigenvalue weighted by atomic mass is 16.4. The van der Waals surface area contributed by atoms with Crippen LogP contribution in [-0.2, 0) is 4.79 Å². The fourth-order valence-corrected chi connectivity index (χ4v) is 1.78. The number of hydrogen-bond acceptors (Lipinski definition) is 3. The van der Waals surface area contributed by atoms with Crippen LogP contribution in [0, 0.1) is 5.92 Å². The van der Waals surface area contributed by atoms with Gasteiger partial charge in [0.15, 0.2) is 0 Å². The first kappa shape index (κ1) is 17.7. The number of aliphatic carboxylic acids is 1. The van der Waals surface area contributed by atoms with Gasteiger partial charge in [-0.3, -0.25) is 0 Å². The van der Waals surface area contributed by atoms with Gasteiger partial charge in [-0.1, -0.05) is 27.7 Å². The minimum Gasteiger partial charge on any atom is -0.480 e. The van der Waals surface area contributed by atoms with E-state index >= 15 is 0 Å². The highest BCUT2D eigenvalue weighted by molar-refractivity contribution is 5.82. The van der Waals surface area contributed by atoms with Crippen molar-refractivity contribution < 1.29 is 14.7 Å². The number of rotatable bonds is 9. The molecule has 6 nitrogen and oxygen atoms in total. The number of nitrogens with one attached hydrogen (secondary N) is 2. The molecule has 6 heteroatoms. The van der Waals surface area contributed by atoms with Gasteiger partial charge in [-0.25, -0.2) is 9.59 Å². The summed E-state index contributed by atoms with van der Waals surface area (Å²) >= 11 is 0. The van der Waals surface area contributed by atoms with Crippen LogP contribution in [0.25, 0.3) is 0 Å². The van der Waals surface area contributed by atoms with Crippen molar-refractivity contribution in [3.63, 3.8) is 0 Å². The van der Waals surface area contributed by atoms with E-state index in [-0.39, 0.29) is 5.92 Å². The normalized spacial score (nSPS) is 12.5. The Hall–Kier alpha value is -1.30. The molecule has 0 aromatic carbocycles. The summed E-state index contributed by atoms with van der Waals surface area (Å²) in [6, 6.07) is -1.27. The molecule has 0 unspecified atom stereocenters. The zero-order chi connectivity index (χ0) is 14.8. The van der Waals surface area contributed by atoms with Crippen molar-refractivity contribution in [1.29, 1.82) is 0 Å². The van der Waals surface area contributed by atoms with Gasteiger partial charge in [-0.15, -0.1) is 0 Å². The number of carboxylic acids is 1. The van der Waals surface area contributed by atoms with Crippen LogP contribution in [0.4, 0.5) is 4.79 Å². The van der Waals surface area contributed by atoms with E-state index in [1.54, 1.807) is 13.8 Å². The topological polar surface area (TPSA) is 81.7 Å². The smallest absolute Gasteiger partial charge is 0.326 e. The monoisotopic (exact) mass is 273 g/mol. The molecule has 0 bridgehead atoms. The Morgan fingerprint density at radius 3 is 2.26 bits per heavy atom. The molecule has 0 aliphatic carbocycles. The second-order valence-corrected chi connectivity index (χ2v) is 4.89.